The summed E-state index contributed by atoms with van der Waals surface area (Å²) >= 11 is 0. The van der Waals surface area contributed by atoms with Crippen LogP contribution in [0.15, 0.2) is 73.1 Å². The number of nitrogens with one attached hydrogen (secondary N) is 1. The van der Waals surface area contributed by atoms with Crippen molar-refractivity contribution in [3.05, 3.63) is 78.6 Å². The molecule has 3 aromatic rings. The van der Waals surface area contributed by atoms with Gasteiger partial charge in [-0.3, -0.25) is 9.78 Å². The van der Waals surface area contributed by atoms with Gasteiger partial charge in [0.15, 0.2) is 6.10 Å². The predicted octanol–water partition coefficient (Wildman–Crippen LogP) is 4.15. The van der Waals surface area contributed by atoms with Crippen LogP contribution >= 0.6 is 0 Å². The van der Waals surface area contributed by atoms with E-state index in [-0.39, 0.29) is 5.91 Å². The number of nitriles is 1. The Morgan fingerprint density at radius 1 is 0.963 bits per heavy atom. The van der Waals surface area contributed by atoms with Gasteiger partial charge in [-0.1, -0.05) is 0 Å². The van der Waals surface area contributed by atoms with Crippen LogP contribution in [0.4, 0.5) is 5.69 Å². The van der Waals surface area contributed by atoms with Crippen LogP contribution in [0.2, 0.25) is 0 Å². The molecule has 1 unspecified atom stereocenters. The number of rotatable bonds is 6. The maximum atomic E-state index is 12.3. The van der Waals surface area contributed by atoms with Crippen molar-refractivity contribution in [2.75, 3.05) is 5.32 Å². The minimum atomic E-state index is -0.689. The molecule has 27 heavy (non-hydrogen) atoms. The molecule has 134 valence electrons. The molecule has 0 saturated carbocycles. The molecule has 1 N–H and O–H groups in total. The van der Waals surface area contributed by atoms with E-state index in [9.17, 15) is 4.79 Å². The Morgan fingerprint density at radius 3 is 2.19 bits per heavy atom. The summed E-state index contributed by atoms with van der Waals surface area (Å²) in [4.78, 5) is 16.2. The first-order chi connectivity index (χ1) is 13.1. The van der Waals surface area contributed by atoms with Gasteiger partial charge in [-0.05, 0) is 67.6 Å². The number of pyridine rings is 1. The van der Waals surface area contributed by atoms with E-state index in [1.54, 1.807) is 80.0 Å². The molecule has 1 amide bonds. The summed E-state index contributed by atoms with van der Waals surface area (Å²) in [7, 11) is 0. The second-order valence-corrected chi connectivity index (χ2v) is 5.69. The molecule has 2 aromatic carbocycles. The van der Waals surface area contributed by atoms with Gasteiger partial charge in [0.05, 0.1) is 11.6 Å². The van der Waals surface area contributed by atoms with Gasteiger partial charge in [0.1, 0.15) is 17.2 Å². The van der Waals surface area contributed by atoms with Crippen LogP contribution < -0.4 is 14.8 Å². The van der Waals surface area contributed by atoms with Crippen LogP contribution in [0.25, 0.3) is 0 Å². The summed E-state index contributed by atoms with van der Waals surface area (Å²) < 4.78 is 11.3. The third-order valence-corrected chi connectivity index (χ3v) is 3.67. The zero-order chi connectivity index (χ0) is 19.1. The number of hydrogen-bond acceptors (Lipinski definition) is 5. The van der Waals surface area contributed by atoms with Crippen molar-refractivity contribution in [2.24, 2.45) is 0 Å². The first-order valence-electron chi connectivity index (χ1n) is 8.29. The Kier molecular flexibility index (Phi) is 5.65. The maximum Gasteiger partial charge on any atom is 0.265 e. The molecule has 6 heteroatoms. The number of carbonyl (C=O) groups is 1. The second-order valence-electron chi connectivity index (χ2n) is 5.69. The van der Waals surface area contributed by atoms with Gasteiger partial charge in [-0.25, -0.2) is 0 Å². The van der Waals surface area contributed by atoms with E-state index in [1.807, 2.05) is 6.07 Å². The van der Waals surface area contributed by atoms with Crippen molar-refractivity contribution < 1.29 is 14.3 Å². The molecule has 3 rings (SSSR count). The predicted molar refractivity (Wildman–Crippen MR) is 101 cm³/mol. The highest BCUT2D eigenvalue weighted by atomic mass is 16.5. The van der Waals surface area contributed by atoms with Gasteiger partial charge in [0.2, 0.25) is 0 Å². The Morgan fingerprint density at radius 2 is 1.56 bits per heavy atom. The van der Waals surface area contributed by atoms with E-state index in [0.29, 0.717) is 28.5 Å². The largest absolute Gasteiger partial charge is 0.481 e. The van der Waals surface area contributed by atoms with Gasteiger partial charge in [-0.15, -0.1) is 0 Å². The molecule has 0 aliphatic carbocycles. The van der Waals surface area contributed by atoms with E-state index in [4.69, 9.17) is 14.7 Å². The van der Waals surface area contributed by atoms with Gasteiger partial charge < -0.3 is 14.8 Å². The number of hydrogen-bond donors (Lipinski definition) is 1. The molecule has 0 aliphatic heterocycles. The summed E-state index contributed by atoms with van der Waals surface area (Å²) in [6.45, 7) is 1.66. The third-order valence-electron chi connectivity index (χ3n) is 3.67. The molecular formula is C21H17N3O3. The lowest BCUT2D eigenvalue weighted by Gasteiger charge is -2.15. The van der Waals surface area contributed by atoms with E-state index in [0.717, 1.165) is 0 Å². The Hall–Kier alpha value is -3.85. The van der Waals surface area contributed by atoms with Crippen LogP contribution in [0.3, 0.4) is 0 Å². The monoisotopic (exact) mass is 359 g/mol. The average Bonchev–Trinajstić information content (AvgIpc) is 2.71. The van der Waals surface area contributed by atoms with Gasteiger partial charge in [-0.2, -0.15) is 5.26 Å². The first-order valence-corrected chi connectivity index (χ1v) is 8.29. The van der Waals surface area contributed by atoms with Crippen molar-refractivity contribution in [1.29, 1.82) is 5.26 Å². The van der Waals surface area contributed by atoms with Gasteiger partial charge in [0, 0.05) is 18.1 Å². The molecule has 0 bridgehead atoms. The molecule has 0 fully saturated rings. The zero-order valence-corrected chi connectivity index (χ0v) is 14.6. The van der Waals surface area contributed by atoms with Crippen molar-refractivity contribution in [1.82, 2.24) is 4.98 Å². The SMILES string of the molecule is CC(Oc1ccc(C#N)cc1)C(=O)Nc1ccc(Oc2ccncc2)cc1. The van der Waals surface area contributed by atoms with Crippen LogP contribution in [0.1, 0.15) is 12.5 Å². The van der Waals surface area contributed by atoms with Crippen molar-refractivity contribution in [3.63, 3.8) is 0 Å². The fourth-order valence-corrected chi connectivity index (χ4v) is 2.26. The quantitative estimate of drug-likeness (QED) is 0.715. The number of benzene rings is 2. The molecule has 1 atom stereocenters. The topological polar surface area (TPSA) is 84.2 Å². The summed E-state index contributed by atoms with van der Waals surface area (Å²) in [5.41, 5.74) is 1.17. The number of amides is 1. The number of carbonyl (C=O) groups excluding carboxylic acids is 1. The van der Waals surface area contributed by atoms with Crippen molar-refractivity contribution in [3.8, 4) is 23.3 Å². The van der Waals surface area contributed by atoms with Crippen molar-refractivity contribution in [2.45, 2.75) is 13.0 Å². The molecule has 0 radical (unpaired) electrons. The lowest BCUT2D eigenvalue weighted by atomic mass is 10.2. The fraction of sp³-hybridized carbons (Fsp3) is 0.0952. The molecule has 1 heterocycles. The minimum absolute atomic E-state index is 0.276. The normalized spacial score (nSPS) is 11.1. The second kappa shape index (κ2) is 8.50. The van der Waals surface area contributed by atoms with E-state index < -0.39 is 6.10 Å². The minimum Gasteiger partial charge on any atom is -0.481 e. The smallest absolute Gasteiger partial charge is 0.265 e. The molecule has 0 saturated heterocycles. The van der Waals surface area contributed by atoms with Crippen molar-refractivity contribution >= 4 is 11.6 Å². The first kappa shape index (κ1) is 18.0. The average molecular weight is 359 g/mol. The number of ether oxygens (including phenoxy) is 2. The summed E-state index contributed by atoms with van der Waals surface area (Å²) in [5, 5.41) is 11.6. The molecule has 0 aliphatic rings. The molecular weight excluding hydrogens is 342 g/mol. The zero-order valence-electron chi connectivity index (χ0n) is 14.6. The van der Waals surface area contributed by atoms with Crippen LogP contribution in [0, 0.1) is 11.3 Å². The lowest BCUT2D eigenvalue weighted by Crippen LogP contribution is -2.30. The highest BCUT2D eigenvalue weighted by Crippen LogP contribution is 2.22. The highest BCUT2D eigenvalue weighted by molar-refractivity contribution is 5.94. The Bertz CT molecular complexity index is 933. The van der Waals surface area contributed by atoms with Gasteiger partial charge >= 0.3 is 0 Å². The summed E-state index contributed by atoms with van der Waals surface area (Å²) in [5.74, 6) is 1.59. The maximum absolute atomic E-state index is 12.3. The van der Waals surface area contributed by atoms with E-state index >= 15 is 0 Å². The Balaban J connectivity index is 1.55. The third kappa shape index (κ3) is 5.06. The van der Waals surface area contributed by atoms with E-state index in [2.05, 4.69) is 10.3 Å². The summed E-state index contributed by atoms with van der Waals surface area (Å²) in [6, 6.07) is 19.2. The number of aromatic nitrogens is 1. The fourth-order valence-electron chi connectivity index (χ4n) is 2.26. The van der Waals surface area contributed by atoms with E-state index in [1.165, 1.54) is 0 Å². The molecule has 1 aromatic heterocycles. The van der Waals surface area contributed by atoms with Crippen LogP contribution in [-0.4, -0.2) is 17.0 Å². The van der Waals surface area contributed by atoms with Gasteiger partial charge in [0.25, 0.3) is 5.91 Å². The van der Waals surface area contributed by atoms with Crippen LogP contribution in [-0.2, 0) is 4.79 Å². The standard InChI is InChI=1S/C21H17N3O3/c1-15(26-18-6-2-16(14-22)3-7-18)21(25)24-17-4-8-19(9-5-17)27-20-10-12-23-13-11-20/h2-13,15H,1H3,(H,24,25). The highest BCUT2D eigenvalue weighted by Gasteiger charge is 2.15. The Labute approximate surface area is 157 Å². The molecule has 0 spiro atoms. The molecule has 6 nitrogen and oxygen atoms in total. The van der Waals surface area contributed by atoms with Crippen LogP contribution in [0.5, 0.6) is 17.2 Å². The number of anilines is 1. The number of nitrogens with zero attached hydrogens (tertiary/aromatic N) is 2. The summed E-state index contributed by atoms with van der Waals surface area (Å²) in [6.07, 6.45) is 2.61. The lowest BCUT2D eigenvalue weighted by molar-refractivity contribution is -0.122.